The molecular weight excluding hydrogens is 222 g/mol. The highest BCUT2D eigenvalue weighted by molar-refractivity contribution is 5.99. The monoisotopic (exact) mass is 240 g/mol. The second kappa shape index (κ2) is 5.75. The maximum Gasteiger partial charge on any atom is 0.137 e. The molecule has 4 heteroatoms. The van der Waals surface area contributed by atoms with Crippen molar-refractivity contribution < 1.29 is 8.78 Å². The van der Waals surface area contributed by atoms with Gasteiger partial charge in [0.1, 0.15) is 17.5 Å². The van der Waals surface area contributed by atoms with Crippen LogP contribution in [0.4, 0.5) is 8.78 Å². The number of benzene rings is 1. The molecule has 0 amide bonds. The summed E-state index contributed by atoms with van der Waals surface area (Å²) in [5.74, 6) is -0.930. The van der Waals surface area contributed by atoms with E-state index in [2.05, 4.69) is 10.3 Å². The lowest BCUT2D eigenvalue weighted by Gasteiger charge is -2.15. The van der Waals surface area contributed by atoms with Crippen LogP contribution in [0.1, 0.15) is 33.3 Å². The topological polar surface area (TPSA) is 24.4 Å². The van der Waals surface area contributed by atoms with Crippen LogP contribution in [0.3, 0.4) is 0 Å². The summed E-state index contributed by atoms with van der Waals surface area (Å²) >= 11 is 0. The van der Waals surface area contributed by atoms with E-state index in [-0.39, 0.29) is 23.5 Å². The molecule has 0 unspecified atom stereocenters. The van der Waals surface area contributed by atoms with E-state index in [0.29, 0.717) is 0 Å². The number of aliphatic imine (C=N–C) groups is 1. The van der Waals surface area contributed by atoms with Gasteiger partial charge in [-0.25, -0.2) is 8.78 Å². The Hall–Kier alpha value is -1.45. The molecule has 0 aliphatic rings. The Morgan fingerprint density at radius 1 is 1.12 bits per heavy atom. The lowest BCUT2D eigenvalue weighted by Crippen LogP contribution is -2.33. The second-order valence-corrected chi connectivity index (χ2v) is 4.47. The molecule has 0 atom stereocenters. The summed E-state index contributed by atoms with van der Waals surface area (Å²) in [6, 6.07) is 3.84. The van der Waals surface area contributed by atoms with Crippen molar-refractivity contribution in [1.82, 2.24) is 5.32 Å². The van der Waals surface area contributed by atoms with Crippen LogP contribution in [-0.2, 0) is 0 Å². The number of halogens is 2. The highest BCUT2D eigenvalue weighted by Crippen LogP contribution is 2.13. The molecule has 0 saturated carbocycles. The van der Waals surface area contributed by atoms with Crippen LogP contribution in [-0.4, -0.2) is 17.9 Å². The number of rotatable bonds is 3. The molecule has 0 saturated heterocycles. The zero-order chi connectivity index (χ0) is 13.0. The molecule has 0 aromatic heterocycles. The second-order valence-electron chi connectivity index (χ2n) is 4.47. The Morgan fingerprint density at radius 3 is 2.06 bits per heavy atom. The van der Waals surface area contributed by atoms with E-state index in [4.69, 9.17) is 0 Å². The number of nitrogens with zero attached hydrogens (tertiary/aromatic N) is 1. The molecule has 1 rings (SSSR count). The van der Waals surface area contributed by atoms with Gasteiger partial charge in [0, 0.05) is 12.1 Å². The van der Waals surface area contributed by atoms with Crippen LogP contribution in [0, 0.1) is 11.6 Å². The minimum atomic E-state index is -0.599. The van der Waals surface area contributed by atoms with Gasteiger partial charge in [0.05, 0.1) is 5.56 Å². The zero-order valence-electron chi connectivity index (χ0n) is 10.6. The normalized spacial score (nSPS) is 12.4. The maximum atomic E-state index is 13.6. The largest absolute Gasteiger partial charge is 0.368 e. The number of nitrogens with one attached hydrogen (secondary N) is 1. The molecule has 0 aliphatic heterocycles. The van der Waals surface area contributed by atoms with Crippen molar-refractivity contribution in [2.24, 2.45) is 4.99 Å². The lowest BCUT2D eigenvalue weighted by molar-refractivity contribution is 0.574. The van der Waals surface area contributed by atoms with Gasteiger partial charge in [-0.15, -0.1) is 0 Å². The van der Waals surface area contributed by atoms with Gasteiger partial charge in [-0.1, -0.05) is 6.07 Å². The van der Waals surface area contributed by atoms with Crippen molar-refractivity contribution in [3.63, 3.8) is 0 Å². The average Bonchev–Trinajstić information content (AvgIpc) is 2.14. The maximum absolute atomic E-state index is 13.6. The summed E-state index contributed by atoms with van der Waals surface area (Å²) in [6.45, 7) is 7.52. The van der Waals surface area contributed by atoms with Gasteiger partial charge >= 0.3 is 0 Å². The highest BCUT2D eigenvalue weighted by Gasteiger charge is 2.16. The third-order valence-electron chi connectivity index (χ3n) is 2.01. The van der Waals surface area contributed by atoms with E-state index >= 15 is 0 Å². The summed E-state index contributed by atoms with van der Waals surface area (Å²) < 4.78 is 27.3. The minimum absolute atomic E-state index is 0.0322. The molecule has 0 spiro atoms. The van der Waals surface area contributed by atoms with E-state index < -0.39 is 11.6 Å². The van der Waals surface area contributed by atoms with Crippen molar-refractivity contribution in [3.05, 3.63) is 35.4 Å². The van der Waals surface area contributed by atoms with Crippen LogP contribution in [0.2, 0.25) is 0 Å². The fourth-order valence-electron chi connectivity index (χ4n) is 1.43. The zero-order valence-corrected chi connectivity index (χ0v) is 10.6. The highest BCUT2D eigenvalue weighted by atomic mass is 19.1. The summed E-state index contributed by atoms with van der Waals surface area (Å²) in [6.07, 6.45) is 0. The number of hydrogen-bond acceptors (Lipinski definition) is 1. The van der Waals surface area contributed by atoms with Gasteiger partial charge in [-0.3, -0.25) is 4.99 Å². The fourth-order valence-corrected chi connectivity index (χ4v) is 1.43. The van der Waals surface area contributed by atoms with E-state index in [1.807, 2.05) is 27.7 Å². The molecule has 0 aliphatic carbocycles. The first-order valence-electron chi connectivity index (χ1n) is 5.70. The molecule has 0 heterocycles. The first-order chi connectivity index (χ1) is 7.91. The Balaban J connectivity index is 3.22. The molecule has 1 N–H and O–H groups in total. The molecule has 17 heavy (non-hydrogen) atoms. The van der Waals surface area contributed by atoms with Gasteiger partial charge in [-0.05, 0) is 39.8 Å². The van der Waals surface area contributed by atoms with Crippen LogP contribution in [0.15, 0.2) is 23.2 Å². The molecule has 1 aromatic carbocycles. The standard InChI is InChI=1S/C13H18F2N2/c1-8(2)16-13(17-9(3)4)12-10(14)6-5-7-11(12)15/h5-9H,1-4H3,(H,16,17). The third kappa shape index (κ3) is 3.80. The van der Waals surface area contributed by atoms with E-state index in [9.17, 15) is 8.78 Å². The average molecular weight is 240 g/mol. The Kier molecular flexibility index (Phi) is 4.61. The molecule has 1 aromatic rings. The van der Waals surface area contributed by atoms with Gasteiger partial charge in [-0.2, -0.15) is 0 Å². The predicted molar refractivity (Wildman–Crippen MR) is 66.3 cm³/mol. The lowest BCUT2D eigenvalue weighted by atomic mass is 10.1. The summed E-state index contributed by atoms with van der Waals surface area (Å²) in [5.41, 5.74) is -0.0881. The Morgan fingerprint density at radius 2 is 1.65 bits per heavy atom. The first-order valence-corrected chi connectivity index (χ1v) is 5.70. The Labute approximate surface area is 101 Å². The summed E-state index contributed by atoms with van der Waals surface area (Å²) in [4.78, 5) is 4.23. The van der Waals surface area contributed by atoms with Crippen molar-refractivity contribution in [2.45, 2.75) is 39.8 Å². The number of amidine groups is 1. The summed E-state index contributed by atoms with van der Waals surface area (Å²) in [5, 5.41) is 2.98. The summed E-state index contributed by atoms with van der Waals surface area (Å²) in [7, 11) is 0. The van der Waals surface area contributed by atoms with Crippen LogP contribution in [0.5, 0.6) is 0 Å². The van der Waals surface area contributed by atoms with Crippen LogP contribution >= 0.6 is 0 Å². The fraction of sp³-hybridized carbons (Fsp3) is 0.462. The molecule has 0 fully saturated rings. The van der Waals surface area contributed by atoms with E-state index in [1.54, 1.807) is 0 Å². The quantitative estimate of drug-likeness (QED) is 0.637. The molecular formula is C13H18F2N2. The van der Waals surface area contributed by atoms with Gasteiger partial charge in [0.2, 0.25) is 0 Å². The van der Waals surface area contributed by atoms with Gasteiger partial charge in [0.15, 0.2) is 0 Å². The van der Waals surface area contributed by atoms with Crippen LogP contribution < -0.4 is 5.32 Å². The first kappa shape index (κ1) is 13.6. The molecule has 0 bridgehead atoms. The SMILES string of the molecule is CC(C)N=C(NC(C)C)c1c(F)cccc1F. The van der Waals surface area contributed by atoms with E-state index in [0.717, 1.165) is 0 Å². The van der Waals surface area contributed by atoms with Crippen molar-refractivity contribution in [2.75, 3.05) is 0 Å². The Bertz CT molecular complexity index is 392. The van der Waals surface area contributed by atoms with Crippen LogP contribution in [0.25, 0.3) is 0 Å². The molecule has 94 valence electrons. The van der Waals surface area contributed by atoms with Crippen molar-refractivity contribution >= 4 is 5.84 Å². The molecule has 0 radical (unpaired) electrons. The van der Waals surface area contributed by atoms with Gasteiger partial charge < -0.3 is 5.32 Å². The van der Waals surface area contributed by atoms with Gasteiger partial charge in [0.25, 0.3) is 0 Å². The van der Waals surface area contributed by atoms with Crippen molar-refractivity contribution in [3.8, 4) is 0 Å². The number of hydrogen-bond donors (Lipinski definition) is 1. The molecule has 2 nitrogen and oxygen atoms in total. The third-order valence-corrected chi connectivity index (χ3v) is 2.01. The smallest absolute Gasteiger partial charge is 0.137 e. The minimum Gasteiger partial charge on any atom is -0.368 e. The van der Waals surface area contributed by atoms with Crippen molar-refractivity contribution in [1.29, 1.82) is 0 Å². The predicted octanol–water partition coefficient (Wildman–Crippen LogP) is 3.12. The van der Waals surface area contributed by atoms with E-state index in [1.165, 1.54) is 18.2 Å².